The van der Waals surface area contributed by atoms with Gasteiger partial charge in [-0.05, 0) is 29.7 Å². The van der Waals surface area contributed by atoms with Gasteiger partial charge in [-0.2, -0.15) is 20.7 Å². The zero-order valence-electron chi connectivity index (χ0n) is 19.6. The van der Waals surface area contributed by atoms with Crippen molar-refractivity contribution in [1.29, 1.82) is 5.26 Å². The third kappa shape index (κ3) is 4.72. The van der Waals surface area contributed by atoms with Crippen LogP contribution in [0.2, 0.25) is 5.02 Å². The van der Waals surface area contributed by atoms with E-state index in [1.807, 2.05) is 60.7 Å². The number of fused-ring (bicyclic) bond motifs is 1. The average Bonchev–Trinajstić information content (AvgIpc) is 3.46. The molecule has 0 aliphatic rings. The Bertz CT molecular complexity index is 1500. The number of hydrogen-bond acceptors (Lipinski definition) is 6. The zero-order valence-corrected chi connectivity index (χ0v) is 20.4. The highest BCUT2D eigenvalue weighted by atomic mass is 35.5. The maximum Gasteiger partial charge on any atom is 0.109 e. The molecule has 0 spiro atoms. The molecule has 2 atom stereocenters. The molecule has 2 aromatic heterocycles. The van der Waals surface area contributed by atoms with Gasteiger partial charge in [0.15, 0.2) is 0 Å². The Labute approximate surface area is 214 Å². The van der Waals surface area contributed by atoms with Gasteiger partial charge >= 0.3 is 0 Å². The van der Waals surface area contributed by atoms with E-state index in [4.69, 9.17) is 11.6 Å². The normalized spacial score (nSPS) is 12.6. The molecule has 0 radical (unpaired) electrons. The molecule has 8 heteroatoms. The van der Waals surface area contributed by atoms with Crippen LogP contribution in [0.25, 0.3) is 10.9 Å². The summed E-state index contributed by atoms with van der Waals surface area (Å²) in [6.07, 6.45) is 4.11. The lowest BCUT2D eigenvalue weighted by atomic mass is 10.0. The Kier molecular flexibility index (Phi) is 6.78. The molecule has 0 fully saturated rings. The number of aromatic amines is 1. The van der Waals surface area contributed by atoms with Gasteiger partial charge in [-0.15, -0.1) is 0 Å². The molecular weight excluding hydrogens is 470 g/mol. The SMILES string of the molecule is CC[C@@H](Nc1c(C#N)cnc2c(Cl)cc(N[C@H](c3ccccc3)c3cn[nH]n3)cc12)c1ccccc1. The van der Waals surface area contributed by atoms with Crippen molar-refractivity contribution in [2.24, 2.45) is 0 Å². The van der Waals surface area contributed by atoms with Crippen molar-refractivity contribution >= 4 is 33.9 Å². The molecule has 2 heterocycles. The third-order valence-corrected chi connectivity index (χ3v) is 6.44. The quantitative estimate of drug-likeness (QED) is 0.224. The maximum atomic E-state index is 9.89. The van der Waals surface area contributed by atoms with Crippen molar-refractivity contribution < 1.29 is 0 Å². The molecule has 0 saturated carbocycles. The van der Waals surface area contributed by atoms with Gasteiger partial charge in [0.25, 0.3) is 0 Å². The number of nitriles is 1. The lowest BCUT2D eigenvalue weighted by Crippen LogP contribution is -2.14. The second-order valence-corrected chi connectivity index (χ2v) is 8.82. The predicted molar refractivity (Wildman–Crippen MR) is 143 cm³/mol. The Balaban J connectivity index is 1.60. The summed E-state index contributed by atoms with van der Waals surface area (Å²) in [6.45, 7) is 2.11. The molecule has 36 heavy (non-hydrogen) atoms. The number of pyridine rings is 1. The highest BCUT2D eigenvalue weighted by Crippen LogP contribution is 2.37. The fourth-order valence-electron chi connectivity index (χ4n) is 4.35. The predicted octanol–water partition coefficient (Wildman–Crippen LogP) is 6.64. The third-order valence-electron chi connectivity index (χ3n) is 6.15. The van der Waals surface area contributed by atoms with Crippen LogP contribution in [-0.4, -0.2) is 20.4 Å². The maximum absolute atomic E-state index is 9.89. The summed E-state index contributed by atoms with van der Waals surface area (Å²) in [5.41, 5.74) is 5.49. The number of nitrogens with zero attached hydrogens (tertiary/aromatic N) is 4. The Hall–Kier alpha value is -4.41. The van der Waals surface area contributed by atoms with Crippen LogP contribution in [0.3, 0.4) is 0 Å². The molecule has 0 saturated heterocycles. The van der Waals surface area contributed by atoms with Gasteiger partial charge < -0.3 is 10.6 Å². The van der Waals surface area contributed by atoms with E-state index in [0.29, 0.717) is 21.8 Å². The first-order valence-electron chi connectivity index (χ1n) is 11.7. The lowest BCUT2D eigenvalue weighted by Gasteiger charge is -2.22. The van der Waals surface area contributed by atoms with Crippen LogP contribution in [0.15, 0.2) is 85.2 Å². The first kappa shape index (κ1) is 23.3. The standard InChI is InChI=1S/C28H24ClN7/c1-2-24(18-9-5-3-6-10-18)34-26-20(15-30)16-31-28-22(26)13-21(14-23(28)29)33-27(25-17-32-36-35-25)19-11-7-4-8-12-19/h3-14,16-17,24,27,33H,2H2,1H3,(H,31,34)(H,32,35,36)/t24-,27-/m1/s1. The zero-order chi connectivity index (χ0) is 24.9. The molecule has 5 aromatic rings. The van der Waals surface area contributed by atoms with Crippen LogP contribution in [0, 0.1) is 11.3 Å². The molecule has 0 aliphatic carbocycles. The van der Waals surface area contributed by atoms with E-state index in [9.17, 15) is 5.26 Å². The first-order chi connectivity index (χ1) is 17.7. The summed E-state index contributed by atoms with van der Waals surface area (Å²) in [4.78, 5) is 4.50. The minimum absolute atomic E-state index is 0.0199. The summed E-state index contributed by atoms with van der Waals surface area (Å²) < 4.78 is 0. The lowest BCUT2D eigenvalue weighted by molar-refractivity contribution is 0.750. The van der Waals surface area contributed by atoms with Crippen LogP contribution < -0.4 is 10.6 Å². The molecule has 178 valence electrons. The molecule has 0 bridgehead atoms. The first-order valence-corrected chi connectivity index (χ1v) is 12.1. The van der Waals surface area contributed by atoms with Crippen LogP contribution >= 0.6 is 11.6 Å². The molecule has 7 nitrogen and oxygen atoms in total. The number of hydrogen-bond donors (Lipinski definition) is 3. The molecular formula is C28H24ClN7. The minimum Gasteiger partial charge on any atom is -0.377 e. The van der Waals surface area contributed by atoms with Gasteiger partial charge in [0.2, 0.25) is 0 Å². The van der Waals surface area contributed by atoms with E-state index in [0.717, 1.165) is 34.3 Å². The van der Waals surface area contributed by atoms with E-state index in [1.165, 1.54) is 0 Å². The topological polar surface area (TPSA) is 102 Å². The van der Waals surface area contributed by atoms with E-state index >= 15 is 0 Å². The van der Waals surface area contributed by atoms with Gasteiger partial charge in [-0.1, -0.05) is 79.2 Å². The number of aromatic nitrogens is 4. The number of rotatable bonds is 8. The van der Waals surface area contributed by atoms with Gasteiger partial charge in [-0.3, -0.25) is 4.98 Å². The van der Waals surface area contributed by atoms with Crippen molar-refractivity contribution in [2.45, 2.75) is 25.4 Å². The van der Waals surface area contributed by atoms with Crippen molar-refractivity contribution in [3.05, 3.63) is 113 Å². The number of H-pyrrole nitrogens is 1. The van der Waals surface area contributed by atoms with E-state index in [1.54, 1.807) is 12.4 Å². The number of nitrogens with one attached hydrogen (secondary N) is 3. The summed E-state index contributed by atoms with van der Waals surface area (Å²) in [6, 6.07) is 26.1. The summed E-state index contributed by atoms with van der Waals surface area (Å²) >= 11 is 6.72. The van der Waals surface area contributed by atoms with Crippen LogP contribution in [-0.2, 0) is 0 Å². The van der Waals surface area contributed by atoms with Gasteiger partial charge in [-0.25, -0.2) is 0 Å². The van der Waals surface area contributed by atoms with E-state index in [-0.39, 0.29) is 12.1 Å². The largest absolute Gasteiger partial charge is 0.377 e. The summed E-state index contributed by atoms with van der Waals surface area (Å²) in [5, 5.41) is 29.3. The molecule has 0 unspecified atom stereocenters. The fraction of sp³-hybridized carbons (Fsp3) is 0.143. The van der Waals surface area contributed by atoms with E-state index < -0.39 is 0 Å². The van der Waals surface area contributed by atoms with Crippen molar-refractivity contribution in [2.75, 3.05) is 10.6 Å². The molecule has 5 rings (SSSR count). The number of halogens is 1. The minimum atomic E-state index is -0.255. The second kappa shape index (κ2) is 10.5. The number of benzene rings is 3. The Morgan fingerprint density at radius 3 is 2.33 bits per heavy atom. The van der Waals surface area contributed by atoms with Crippen molar-refractivity contribution in [3.63, 3.8) is 0 Å². The average molecular weight is 494 g/mol. The molecule has 3 N–H and O–H groups in total. The Morgan fingerprint density at radius 2 is 1.69 bits per heavy atom. The van der Waals surface area contributed by atoms with Gasteiger partial charge in [0.05, 0.1) is 40.1 Å². The second-order valence-electron chi connectivity index (χ2n) is 8.41. The van der Waals surface area contributed by atoms with E-state index in [2.05, 4.69) is 56.2 Å². The molecule has 3 aromatic carbocycles. The molecule has 0 aliphatic heterocycles. The highest BCUT2D eigenvalue weighted by Gasteiger charge is 2.20. The molecule has 0 amide bonds. The van der Waals surface area contributed by atoms with Gasteiger partial charge in [0, 0.05) is 17.3 Å². The van der Waals surface area contributed by atoms with Crippen LogP contribution in [0.1, 0.15) is 47.8 Å². The van der Waals surface area contributed by atoms with Crippen molar-refractivity contribution in [1.82, 2.24) is 20.4 Å². The van der Waals surface area contributed by atoms with Crippen molar-refractivity contribution in [3.8, 4) is 6.07 Å². The fourth-order valence-corrected chi connectivity index (χ4v) is 4.62. The summed E-state index contributed by atoms with van der Waals surface area (Å²) in [5.74, 6) is 0. The van der Waals surface area contributed by atoms with Crippen LogP contribution in [0.4, 0.5) is 11.4 Å². The number of anilines is 2. The van der Waals surface area contributed by atoms with Crippen LogP contribution in [0.5, 0.6) is 0 Å². The Morgan fingerprint density at radius 1 is 0.972 bits per heavy atom. The summed E-state index contributed by atoms with van der Waals surface area (Å²) in [7, 11) is 0. The highest BCUT2D eigenvalue weighted by molar-refractivity contribution is 6.35. The smallest absolute Gasteiger partial charge is 0.109 e. The monoisotopic (exact) mass is 493 g/mol. The van der Waals surface area contributed by atoms with Gasteiger partial charge in [0.1, 0.15) is 11.8 Å².